The lowest BCUT2D eigenvalue weighted by atomic mass is 10.1. The predicted molar refractivity (Wildman–Crippen MR) is 89.1 cm³/mol. The molecule has 0 spiro atoms. The van der Waals surface area contributed by atoms with Crippen LogP contribution < -0.4 is 5.32 Å². The number of aryl methyl sites for hydroxylation is 1. The largest absolute Gasteiger partial charge is 0.296 e. The molecule has 22 heavy (non-hydrogen) atoms. The Balaban J connectivity index is 1.74. The molecule has 110 valence electrons. The Morgan fingerprint density at radius 1 is 1.18 bits per heavy atom. The number of benzene rings is 1. The summed E-state index contributed by atoms with van der Waals surface area (Å²) in [5.74, 6) is -0.247. The van der Waals surface area contributed by atoms with Crippen LogP contribution in [0.4, 0.5) is 5.13 Å². The Kier molecular flexibility index (Phi) is 4.25. The van der Waals surface area contributed by atoms with Crippen LogP contribution in [-0.2, 0) is 6.42 Å². The van der Waals surface area contributed by atoms with Crippen LogP contribution in [0.1, 0.15) is 23.0 Å². The van der Waals surface area contributed by atoms with Crippen LogP contribution in [0, 0.1) is 0 Å². The van der Waals surface area contributed by atoms with Gasteiger partial charge < -0.3 is 0 Å². The zero-order valence-electron chi connectivity index (χ0n) is 12.1. The van der Waals surface area contributed by atoms with Crippen molar-refractivity contribution in [3.05, 3.63) is 65.3 Å². The lowest BCUT2D eigenvalue weighted by Gasteiger charge is -2.01. The molecule has 0 radical (unpaired) electrons. The van der Waals surface area contributed by atoms with Gasteiger partial charge in [0.1, 0.15) is 5.69 Å². The molecule has 0 aliphatic rings. The van der Waals surface area contributed by atoms with Gasteiger partial charge in [0.25, 0.3) is 5.91 Å². The first-order valence-corrected chi connectivity index (χ1v) is 7.91. The molecule has 0 aliphatic carbocycles. The third-order valence-corrected chi connectivity index (χ3v) is 4.04. The summed E-state index contributed by atoms with van der Waals surface area (Å²) in [6.45, 7) is 2.13. The van der Waals surface area contributed by atoms with Gasteiger partial charge in [0, 0.05) is 17.1 Å². The van der Waals surface area contributed by atoms with Gasteiger partial charge in [-0.15, -0.1) is 11.3 Å². The average Bonchev–Trinajstić information content (AvgIpc) is 3.04. The maximum atomic E-state index is 12.0. The number of anilines is 1. The van der Waals surface area contributed by atoms with Crippen LogP contribution in [-0.4, -0.2) is 15.9 Å². The van der Waals surface area contributed by atoms with E-state index in [1.54, 1.807) is 24.4 Å². The molecule has 1 aromatic carbocycles. The van der Waals surface area contributed by atoms with Gasteiger partial charge in [-0.1, -0.05) is 37.3 Å². The molecular weight excluding hydrogens is 294 g/mol. The number of nitrogens with zero attached hydrogens (tertiary/aromatic N) is 2. The summed E-state index contributed by atoms with van der Waals surface area (Å²) in [6, 6.07) is 13.5. The van der Waals surface area contributed by atoms with Crippen molar-refractivity contribution >= 4 is 22.4 Å². The minimum atomic E-state index is -0.247. The molecule has 0 fully saturated rings. The Labute approximate surface area is 132 Å². The molecule has 1 N–H and O–H groups in total. The highest BCUT2D eigenvalue weighted by molar-refractivity contribution is 7.14. The summed E-state index contributed by atoms with van der Waals surface area (Å²) < 4.78 is 0. The molecule has 3 aromatic rings. The van der Waals surface area contributed by atoms with E-state index in [-0.39, 0.29) is 5.91 Å². The fourth-order valence-corrected chi connectivity index (χ4v) is 2.75. The number of carbonyl (C=O) groups excluding carboxylic acids is 1. The quantitative estimate of drug-likeness (QED) is 0.792. The monoisotopic (exact) mass is 309 g/mol. The second-order valence-corrected chi connectivity index (χ2v) is 5.62. The number of pyridine rings is 1. The first kappa shape index (κ1) is 14.4. The molecule has 1 amide bonds. The van der Waals surface area contributed by atoms with Crippen LogP contribution in [0.3, 0.4) is 0 Å². The normalized spacial score (nSPS) is 10.4. The molecule has 5 heteroatoms. The van der Waals surface area contributed by atoms with Crippen LogP contribution in [0.25, 0.3) is 11.3 Å². The van der Waals surface area contributed by atoms with Crippen molar-refractivity contribution in [2.75, 3.05) is 5.32 Å². The van der Waals surface area contributed by atoms with Crippen molar-refractivity contribution in [1.29, 1.82) is 0 Å². The summed E-state index contributed by atoms with van der Waals surface area (Å²) in [5.41, 5.74) is 3.59. The summed E-state index contributed by atoms with van der Waals surface area (Å²) in [6.07, 6.45) is 2.61. The van der Waals surface area contributed by atoms with E-state index in [1.807, 2.05) is 5.38 Å². The number of rotatable bonds is 4. The van der Waals surface area contributed by atoms with E-state index >= 15 is 0 Å². The number of thiazole rings is 1. The average molecular weight is 309 g/mol. The van der Waals surface area contributed by atoms with Crippen molar-refractivity contribution in [3.8, 4) is 11.3 Å². The molecule has 3 rings (SSSR count). The van der Waals surface area contributed by atoms with Crippen LogP contribution in [0.2, 0.25) is 0 Å². The van der Waals surface area contributed by atoms with Crippen LogP contribution >= 0.6 is 11.3 Å². The van der Waals surface area contributed by atoms with Gasteiger partial charge in [-0.25, -0.2) is 4.98 Å². The molecule has 4 nitrogen and oxygen atoms in total. The standard InChI is InChI=1S/C17H15N3OS/c1-2-12-6-8-13(9-7-12)15-11-22-17(19-15)20-16(21)14-5-3-4-10-18-14/h3-11H,2H2,1H3,(H,19,20,21). The van der Waals surface area contributed by atoms with Gasteiger partial charge in [-0.05, 0) is 24.1 Å². The van der Waals surface area contributed by atoms with E-state index in [0.29, 0.717) is 10.8 Å². The van der Waals surface area contributed by atoms with E-state index in [1.165, 1.54) is 16.9 Å². The summed E-state index contributed by atoms with van der Waals surface area (Å²) in [4.78, 5) is 20.5. The maximum Gasteiger partial charge on any atom is 0.276 e. The second-order valence-electron chi connectivity index (χ2n) is 4.76. The van der Waals surface area contributed by atoms with Crippen molar-refractivity contribution < 1.29 is 4.79 Å². The Bertz CT molecular complexity index is 766. The molecule has 0 atom stereocenters. The van der Waals surface area contributed by atoms with E-state index in [9.17, 15) is 4.79 Å². The highest BCUT2D eigenvalue weighted by Gasteiger charge is 2.10. The van der Waals surface area contributed by atoms with Gasteiger partial charge in [0.15, 0.2) is 5.13 Å². The SMILES string of the molecule is CCc1ccc(-c2csc(NC(=O)c3ccccn3)n2)cc1. The zero-order chi connectivity index (χ0) is 15.4. The van der Waals surface area contributed by atoms with E-state index in [0.717, 1.165) is 17.7 Å². The number of amides is 1. The minimum Gasteiger partial charge on any atom is -0.296 e. The molecule has 0 saturated carbocycles. The highest BCUT2D eigenvalue weighted by Crippen LogP contribution is 2.25. The summed E-state index contributed by atoms with van der Waals surface area (Å²) in [7, 11) is 0. The van der Waals surface area contributed by atoms with Gasteiger partial charge in [0.05, 0.1) is 5.69 Å². The van der Waals surface area contributed by atoms with Gasteiger partial charge in [0.2, 0.25) is 0 Å². The first-order chi connectivity index (χ1) is 10.8. The van der Waals surface area contributed by atoms with Crippen molar-refractivity contribution in [1.82, 2.24) is 9.97 Å². The van der Waals surface area contributed by atoms with Crippen molar-refractivity contribution in [2.45, 2.75) is 13.3 Å². The minimum absolute atomic E-state index is 0.247. The summed E-state index contributed by atoms with van der Waals surface area (Å²) in [5, 5.41) is 5.29. The van der Waals surface area contributed by atoms with Crippen molar-refractivity contribution in [2.24, 2.45) is 0 Å². The molecule has 2 heterocycles. The number of nitrogens with one attached hydrogen (secondary N) is 1. The number of aromatic nitrogens is 2. The fourth-order valence-electron chi connectivity index (χ4n) is 2.03. The Hall–Kier alpha value is -2.53. The summed E-state index contributed by atoms with van der Waals surface area (Å²) >= 11 is 1.41. The molecular formula is C17H15N3OS. The molecule has 0 bridgehead atoms. The first-order valence-electron chi connectivity index (χ1n) is 7.03. The number of hydrogen-bond donors (Lipinski definition) is 1. The lowest BCUT2D eigenvalue weighted by Crippen LogP contribution is -2.13. The predicted octanol–water partition coefficient (Wildman–Crippen LogP) is 4.02. The Morgan fingerprint density at radius 3 is 2.68 bits per heavy atom. The smallest absolute Gasteiger partial charge is 0.276 e. The van der Waals surface area contributed by atoms with E-state index < -0.39 is 0 Å². The van der Waals surface area contributed by atoms with Gasteiger partial charge >= 0.3 is 0 Å². The second kappa shape index (κ2) is 6.49. The molecule has 0 saturated heterocycles. The highest BCUT2D eigenvalue weighted by atomic mass is 32.1. The van der Waals surface area contributed by atoms with E-state index in [2.05, 4.69) is 46.5 Å². The van der Waals surface area contributed by atoms with Gasteiger partial charge in [-0.2, -0.15) is 0 Å². The maximum absolute atomic E-state index is 12.0. The third-order valence-electron chi connectivity index (χ3n) is 3.28. The molecule has 0 unspecified atom stereocenters. The molecule has 0 aliphatic heterocycles. The lowest BCUT2D eigenvalue weighted by molar-refractivity contribution is 0.102. The fraction of sp³-hybridized carbons (Fsp3) is 0.118. The number of carbonyl (C=O) groups is 1. The molecule has 2 aromatic heterocycles. The third kappa shape index (κ3) is 3.20. The topological polar surface area (TPSA) is 54.9 Å². The number of hydrogen-bond acceptors (Lipinski definition) is 4. The van der Waals surface area contributed by atoms with E-state index in [4.69, 9.17) is 0 Å². The van der Waals surface area contributed by atoms with Crippen molar-refractivity contribution in [3.63, 3.8) is 0 Å². The van der Waals surface area contributed by atoms with Gasteiger partial charge in [-0.3, -0.25) is 15.1 Å². The Morgan fingerprint density at radius 2 is 2.00 bits per heavy atom. The van der Waals surface area contributed by atoms with Crippen LogP contribution in [0.15, 0.2) is 54.0 Å². The zero-order valence-corrected chi connectivity index (χ0v) is 12.9. The van der Waals surface area contributed by atoms with Crippen LogP contribution in [0.5, 0.6) is 0 Å².